The smallest absolute Gasteiger partial charge is 0.189 e. The molecule has 0 fully saturated rings. The second-order valence-electron chi connectivity index (χ2n) is 5.40. The van der Waals surface area contributed by atoms with Gasteiger partial charge in [0.15, 0.2) is 5.96 Å². The van der Waals surface area contributed by atoms with Gasteiger partial charge in [-0.1, -0.05) is 50.5 Å². The van der Waals surface area contributed by atoms with Gasteiger partial charge < -0.3 is 11.1 Å². The molecule has 1 aliphatic heterocycles. The molecule has 0 aliphatic carbocycles. The minimum absolute atomic E-state index is 0.508. The van der Waals surface area contributed by atoms with Gasteiger partial charge in [0.2, 0.25) is 0 Å². The minimum atomic E-state index is 0.508. The van der Waals surface area contributed by atoms with Crippen LogP contribution >= 0.6 is 0 Å². The van der Waals surface area contributed by atoms with Crippen molar-refractivity contribution in [1.29, 1.82) is 0 Å². The lowest BCUT2D eigenvalue weighted by molar-refractivity contribution is 0.197. The number of fused-ring (bicyclic) bond motifs is 1. The molecule has 0 radical (unpaired) electrons. The Morgan fingerprint density at radius 2 is 2.20 bits per heavy atom. The van der Waals surface area contributed by atoms with Crippen molar-refractivity contribution in [2.75, 3.05) is 13.7 Å². The normalized spacial score (nSPS) is 19.1. The molecule has 0 saturated carbocycles. The van der Waals surface area contributed by atoms with E-state index >= 15 is 0 Å². The number of aliphatic imine (C=N–C) groups is 1. The third kappa shape index (κ3) is 3.51. The monoisotopic (exact) mass is 274 g/mol. The van der Waals surface area contributed by atoms with E-state index in [2.05, 4.69) is 46.4 Å². The van der Waals surface area contributed by atoms with Crippen LogP contribution in [-0.2, 0) is 6.54 Å². The molecule has 1 atom stereocenters. The van der Waals surface area contributed by atoms with Crippen molar-refractivity contribution in [2.24, 2.45) is 10.7 Å². The van der Waals surface area contributed by atoms with E-state index in [9.17, 15) is 0 Å². The molecular weight excluding hydrogens is 248 g/mol. The number of guanidine groups is 1. The van der Waals surface area contributed by atoms with Gasteiger partial charge in [0.1, 0.15) is 0 Å². The molecule has 0 amide bonds. The molecule has 0 bridgehead atoms. The van der Waals surface area contributed by atoms with Crippen LogP contribution in [0.4, 0.5) is 0 Å². The number of unbranched alkanes of at least 4 members (excludes halogenated alkanes) is 2. The Morgan fingerprint density at radius 3 is 2.95 bits per heavy atom. The quantitative estimate of drug-likeness (QED) is 0.476. The van der Waals surface area contributed by atoms with Crippen molar-refractivity contribution in [2.45, 2.75) is 45.2 Å². The average molecular weight is 274 g/mol. The fraction of sp³-hybridized carbons (Fsp3) is 0.562. The summed E-state index contributed by atoms with van der Waals surface area (Å²) >= 11 is 0. The molecule has 1 unspecified atom stereocenters. The number of nitrogens with two attached hydrogens (primary N) is 1. The molecule has 4 nitrogen and oxygen atoms in total. The molecule has 0 saturated heterocycles. The largest absolute Gasteiger partial charge is 0.370 e. The lowest BCUT2D eigenvalue weighted by Gasteiger charge is -2.25. The van der Waals surface area contributed by atoms with E-state index in [4.69, 9.17) is 5.73 Å². The van der Waals surface area contributed by atoms with Gasteiger partial charge in [-0.25, -0.2) is 0 Å². The molecule has 1 aromatic carbocycles. The van der Waals surface area contributed by atoms with Crippen LogP contribution in [0, 0.1) is 0 Å². The predicted octanol–water partition coefficient (Wildman–Crippen LogP) is 2.62. The van der Waals surface area contributed by atoms with Gasteiger partial charge >= 0.3 is 0 Å². The number of benzene rings is 1. The number of nitrogens with zero attached hydrogens (tertiary/aromatic N) is 2. The Labute approximate surface area is 122 Å². The van der Waals surface area contributed by atoms with Crippen molar-refractivity contribution >= 4 is 5.96 Å². The summed E-state index contributed by atoms with van der Waals surface area (Å²) in [6, 6.07) is 9.28. The molecule has 20 heavy (non-hydrogen) atoms. The summed E-state index contributed by atoms with van der Waals surface area (Å²) in [5, 5.41) is 3.18. The highest BCUT2D eigenvalue weighted by atomic mass is 15.3. The summed E-state index contributed by atoms with van der Waals surface area (Å²) in [6.45, 7) is 4.01. The third-order valence-electron chi connectivity index (χ3n) is 4.01. The molecular formula is C16H26N4. The second kappa shape index (κ2) is 7.29. The Balaban J connectivity index is 2.03. The number of nitrogens with one attached hydrogen (secondary N) is 1. The van der Waals surface area contributed by atoms with E-state index in [1.165, 1.54) is 36.8 Å². The van der Waals surface area contributed by atoms with Gasteiger partial charge in [0, 0.05) is 19.6 Å². The van der Waals surface area contributed by atoms with E-state index in [-0.39, 0.29) is 0 Å². The first kappa shape index (κ1) is 14.9. The first-order valence-corrected chi connectivity index (χ1v) is 7.54. The van der Waals surface area contributed by atoms with Gasteiger partial charge in [0.25, 0.3) is 0 Å². The van der Waals surface area contributed by atoms with Crippen molar-refractivity contribution in [1.82, 2.24) is 10.2 Å². The zero-order valence-electron chi connectivity index (χ0n) is 12.6. The lowest BCUT2D eigenvalue weighted by Crippen LogP contribution is -2.40. The summed E-state index contributed by atoms with van der Waals surface area (Å²) in [6.07, 6.45) is 5.07. The van der Waals surface area contributed by atoms with Crippen LogP contribution in [0.25, 0.3) is 0 Å². The standard InChI is InChI=1S/C16H26N4/c1-3-4-5-10-15-14-9-7-6-8-13(14)11-20(15)12-19-16(17)18-2/h6-9,15H,3-5,10-12H2,1-2H3,(H3,17,18,19). The molecule has 0 spiro atoms. The number of hydrogen-bond acceptors (Lipinski definition) is 2. The minimum Gasteiger partial charge on any atom is -0.370 e. The summed E-state index contributed by atoms with van der Waals surface area (Å²) in [4.78, 5) is 6.41. The number of hydrogen-bond donors (Lipinski definition) is 2. The second-order valence-corrected chi connectivity index (χ2v) is 5.40. The van der Waals surface area contributed by atoms with Crippen molar-refractivity contribution in [3.8, 4) is 0 Å². The Morgan fingerprint density at radius 1 is 1.40 bits per heavy atom. The van der Waals surface area contributed by atoms with E-state index in [0.717, 1.165) is 13.2 Å². The van der Waals surface area contributed by atoms with Crippen LogP contribution < -0.4 is 11.1 Å². The molecule has 1 aliphatic rings. The van der Waals surface area contributed by atoms with Crippen LogP contribution in [0.2, 0.25) is 0 Å². The lowest BCUT2D eigenvalue weighted by atomic mass is 10.00. The molecule has 2 rings (SSSR count). The fourth-order valence-electron chi connectivity index (χ4n) is 2.88. The summed E-state index contributed by atoms with van der Waals surface area (Å²) < 4.78 is 0. The van der Waals surface area contributed by atoms with Gasteiger partial charge in [0.05, 0.1) is 6.67 Å². The summed E-state index contributed by atoms with van der Waals surface area (Å²) in [7, 11) is 1.71. The van der Waals surface area contributed by atoms with E-state index < -0.39 is 0 Å². The first-order valence-electron chi connectivity index (χ1n) is 7.54. The molecule has 1 aromatic rings. The zero-order chi connectivity index (χ0) is 14.4. The van der Waals surface area contributed by atoms with Crippen LogP contribution in [-0.4, -0.2) is 24.6 Å². The SMILES string of the molecule is CCCCCC1c2ccccc2CN1CNC(N)=NC. The van der Waals surface area contributed by atoms with E-state index in [1.807, 2.05) is 0 Å². The maximum Gasteiger partial charge on any atom is 0.189 e. The predicted molar refractivity (Wildman–Crippen MR) is 84.4 cm³/mol. The van der Waals surface area contributed by atoms with Crippen molar-refractivity contribution in [3.05, 3.63) is 35.4 Å². The molecule has 3 N–H and O–H groups in total. The summed E-state index contributed by atoms with van der Waals surface area (Å²) in [5.74, 6) is 0.508. The molecule has 1 heterocycles. The Hall–Kier alpha value is -1.55. The highest BCUT2D eigenvalue weighted by Gasteiger charge is 2.28. The van der Waals surface area contributed by atoms with Crippen LogP contribution in [0.15, 0.2) is 29.3 Å². The van der Waals surface area contributed by atoms with Crippen LogP contribution in [0.1, 0.15) is 49.8 Å². The molecule has 0 aromatic heterocycles. The van der Waals surface area contributed by atoms with E-state index in [0.29, 0.717) is 12.0 Å². The Kier molecular flexibility index (Phi) is 5.41. The van der Waals surface area contributed by atoms with Gasteiger partial charge in [-0.15, -0.1) is 0 Å². The highest BCUT2D eigenvalue weighted by molar-refractivity contribution is 5.77. The Bertz CT molecular complexity index is 456. The van der Waals surface area contributed by atoms with Crippen LogP contribution in [0.3, 0.4) is 0 Å². The van der Waals surface area contributed by atoms with E-state index in [1.54, 1.807) is 7.05 Å². The summed E-state index contributed by atoms with van der Waals surface area (Å²) in [5.41, 5.74) is 8.67. The highest BCUT2D eigenvalue weighted by Crippen LogP contribution is 2.36. The number of rotatable bonds is 6. The first-order chi connectivity index (χ1) is 9.76. The average Bonchev–Trinajstić information content (AvgIpc) is 2.83. The molecule has 110 valence electrons. The third-order valence-corrected chi connectivity index (χ3v) is 4.01. The fourth-order valence-corrected chi connectivity index (χ4v) is 2.88. The van der Waals surface area contributed by atoms with Crippen molar-refractivity contribution in [3.63, 3.8) is 0 Å². The zero-order valence-corrected chi connectivity index (χ0v) is 12.6. The van der Waals surface area contributed by atoms with Gasteiger partial charge in [-0.2, -0.15) is 0 Å². The van der Waals surface area contributed by atoms with Gasteiger partial charge in [-0.3, -0.25) is 9.89 Å². The molecule has 4 heteroatoms. The maximum absolute atomic E-state index is 5.74. The van der Waals surface area contributed by atoms with Crippen molar-refractivity contribution < 1.29 is 0 Å². The topological polar surface area (TPSA) is 53.6 Å². The maximum atomic E-state index is 5.74. The van der Waals surface area contributed by atoms with Crippen LogP contribution in [0.5, 0.6) is 0 Å². The van der Waals surface area contributed by atoms with Gasteiger partial charge in [-0.05, 0) is 17.5 Å².